The molecule has 0 aliphatic rings. The van der Waals surface area contributed by atoms with Gasteiger partial charge in [0, 0.05) is 12.1 Å². The van der Waals surface area contributed by atoms with Gasteiger partial charge in [-0.1, -0.05) is 267 Å². The first-order chi connectivity index (χ1) is 30.3. The molecule has 2 N–H and O–H groups in total. The van der Waals surface area contributed by atoms with Gasteiger partial charge in [-0.05, 0) is 57.2 Å². The zero-order valence-corrected chi connectivity index (χ0v) is 43.0. The van der Waals surface area contributed by atoms with Crippen molar-refractivity contribution in [2.75, 3.05) is 31.5 Å². The molecule has 6 nitrogen and oxygen atoms in total. The third kappa shape index (κ3) is 41.0. The van der Waals surface area contributed by atoms with E-state index in [9.17, 15) is 9.59 Å². The molecule has 0 saturated heterocycles. The fourth-order valence-corrected chi connectivity index (χ4v) is 8.99. The molecule has 1 aromatic rings. The Hall–Kier alpha value is -1.69. The first kappa shape index (κ1) is 62.4. The van der Waals surface area contributed by atoms with E-state index >= 15 is 0 Å². The van der Waals surface area contributed by atoms with Crippen molar-refractivity contribution in [3.63, 3.8) is 0 Å². The normalized spacial score (nSPS) is 11.8. The molecule has 0 aromatic heterocycles. The summed E-state index contributed by atoms with van der Waals surface area (Å²) in [7, 11) is 0. The lowest BCUT2D eigenvalue weighted by Crippen LogP contribution is -2.39. The van der Waals surface area contributed by atoms with Gasteiger partial charge in [-0.25, -0.2) is 0 Å². The third-order valence-corrected chi connectivity index (χ3v) is 12.9. The van der Waals surface area contributed by atoms with Crippen LogP contribution in [0.25, 0.3) is 0 Å². The molecule has 0 aliphatic carbocycles. The second kappa shape index (κ2) is 50.3. The molecular formula is C56H110N2O4. The minimum absolute atomic E-state index is 0.250. The van der Waals surface area contributed by atoms with Crippen molar-refractivity contribution in [2.24, 2.45) is 11.8 Å². The van der Waals surface area contributed by atoms with E-state index in [1.165, 1.54) is 244 Å². The van der Waals surface area contributed by atoms with Crippen LogP contribution in [0.5, 0.6) is 0 Å². The number of rotatable bonds is 45. The Balaban J connectivity index is 0. The molecule has 6 heteroatoms. The molecule has 0 radical (unpaired) electrons. The summed E-state index contributed by atoms with van der Waals surface area (Å²) >= 11 is 0. The highest BCUT2D eigenvalue weighted by Crippen LogP contribution is 2.23. The van der Waals surface area contributed by atoms with Crippen molar-refractivity contribution >= 4 is 12.2 Å². The Kier molecular flexibility index (Phi) is 50.6. The second-order valence-corrected chi connectivity index (χ2v) is 19.5. The van der Waals surface area contributed by atoms with Gasteiger partial charge in [0.25, 0.3) is 6.47 Å². The van der Waals surface area contributed by atoms with Crippen LogP contribution in [0.3, 0.4) is 0 Å². The molecule has 1 aromatic carbocycles. The van der Waals surface area contributed by atoms with Crippen molar-refractivity contribution in [1.82, 2.24) is 4.90 Å². The minimum atomic E-state index is -0.302. The van der Waals surface area contributed by atoms with Crippen molar-refractivity contribution in [3.05, 3.63) is 26.0 Å². The number of carbonyl (C=O) groups is 1. The highest BCUT2D eigenvalue weighted by Gasteiger charge is 2.21. The molecular weight excluding hydrogens is 765 g/mol. The van der Waals surface area contributed by atoms with Gasteiger partial charge in [0.1, 0.15) is 0 Å². The monoisotopic (exact) mass is 875 g/mol. The second-order valence-electron chi connectivity index (χ2n) is 19.5. The first-order valence-electron chi connectivity index (χ1n) is 27.6. The summed E-state index contributed by atoms with van der Waals surface area (Å²) in [5.41, 5.74) is 0.769. The van der Waals surface area contributed by atoms with E-state index in [2.05, 4.69) is 58.7 Å². The van der Waals surface area contributed by atoms with Crippen molar-refractivity contribution < 1.29 is 9.90 Å². The largest absolute Gasteiger partial charge is 0.483 e. The highest BCUT2D eigenvalue weighted by molar-refractivity contribution is 5.56. The number of anilines is 1. The van der Waals surface area contributed by atoms with E-state index in [4.69, 9.17) is 9.90 Å². The van der Waals surface area contributed by atoms with E-state index < -0.39 is 0 Å². The van der Waals surface area contributed by atoms with Crippen LogP contribution in [-0.4, -0.2) is 42.7 Å². The molecule has 0 saturated carbocycles. The van der Waals surface area contributed by atoms with Gasteiger partial charge in [0.15, 0.2) is 0 Å². The lowest BCUT2D eigenvalue weighted by molar-refractivity contribution is -0.122. The standard InChI is InChI=1S/C46H88N2O2.C9H20.CH2O2/c1-6-9-11-13-15-16-17-18-19-20-21-22-26-30-37-48(39-32-36-47-44-43(40-41(4)5)45(49)46(44)50)38-31-27-23-25-29-35-42(33-8-3)34-28-24-14-12-10-7-2;1-3-5-7-9-8-6-4-2;2-1-3/h41-42,47H,6-40H2,1-5H3;3-9H2,1-2H3;1H,(H,2,3). The zero-order chi connectivity index (χ0) is 46.2. The molecule has 0 amide bonds. The molecule has 0 heterocycles. The van der Waals surface area contributed by atoms with Gasteiger partial charge in [-0.3, -0.25) is 14.4 Å². The summed E-state index contributed by atoms with van der Waals surface area (Å²) in [6, 6.07) is 0. The first-order valence-corrected chi connectivity index (χ1v) is 27.6. The smallest absolute Gasteiger partial charge is 0.290 e. The van der Waals surface area contributed by atoms with Crippen LogP contribution in [0.15, 0.2) is 9.59 Å². The number of nitrogens with zero attached hydrogens (tertiary/aromatic N) is 1. The molecule has 0 bridgehead atoms. The lowest BCUT2D eigenvalue weighted by atomic mass is 9.90. The van der Waals surface area contributed by atoms with E-state index in [1.807, 2.05) is 0 Å². The Labute approximate surface area is 387 Å². The maximum Gasteiger partial charge on any atom is 0.290 e. The highest BCUT2D eigenvalue weighted by atomic mass is 16.3. The Morgan fingerprint density at radius 3 is 1.11 bits per heavy atom. The maximum absolute atomic E-state index is 12.2. The SMILES string of the molecule is CCCCCCCCC.CCCCCCCCCCCCCCCCN(CCCCCCCC(CCC)CCCCCCCC)CCCNc1c(CC(C)C)c(=O)c1=O.O=CO. The van der Waals surface area contributed by atoms with Gasteiger partial charge in [-0.15, -0.1) is 0 Å². The molecule has 1 atom stereocenters. The zero-order valence-electron chi connectivity index (χ0n) is 43.0. The third-order valence-electron chi connectivity index (χ3n) is 12.9. The number of unbranched alkanes of at least 4 members (excludes halogenated alkanes) is 28. The van der Waals surface area contributed by atoms with Gasteiger partial charge in [0.05, 0.1) is 5.69 Å². The van der Waals surface area contributed by atoms with Crippen LogP contribution in [0.2, 0.25) is 0 Å². The van der Waals surface area contributed by atoms with Gasteiger partial charge >= 0.3 is 0 Å². The average Bonchev–Trinajstić information content (AvgIpc) is 3.26. The summed E-state index contributed by atoms with van der Waals surface area (Å²) in [6.45, 7) is 19.7. The predicted molar refractivity (Wildman–Crippen MR) is 276 cm³/mol. The number of nitrogens with one attached hydrogen (secondary N) is 1. The topological polar surface area (TPSA) is 86.7 Å². The molecule has 1 unspecified atom stereocenters. The number of hydrogen-bond acceptors (Lipinski definition) is 5. The molecule has 0 spiro atoms. The number of hydrogen-bond donors (Lipinski definition) is 2. The van der Waals surface area contributed by atoms with E-state index in [1.54, 1.807) is 0 Å². The Morgan fingerprint density at radius 2 is 0.774 bits per heavy atom. The Bertz CT molecular complexity index is 1090. The van der Waals surface area contributed by atoms with Crippen LogP contribution >= 0.6 is 0 Å². The average molecular weight is 876 g/mol. The predicted octanol–water partition coefficient (Wildman–Crippen LogP) is 17.0. The molecule has 62 heavy (non-hydrogen) atoms. The summed E-state index contributed by atoms with van der Waals surface area (Å²) in [5.74, 6) is 1.35. The Morgan fingerprint density at radius 1 is 0.452 bits per heavy atom. The van der Waals surface area contributed by atoms with E-state index in [0.717, 1.165) is 31.0 Å². The number of carboxylic acid groups (broad SMARTS) is 1. The lowest BCUT2D eigenvalue weighted by Gasteiger charge is -2.23. The van der Waals surface area contributed by atoms with Gasteiger partial charge in [-0.2, -0.15) is 0 Å². The fraction of sp³-hybridized carbons (Fsp3) is 0.911. The fourth-order valence-electron chi connectivity index (χ4n) is 8.99. The molecule has 0 fully saturated rings. The summed E-state index contributed by atoms with van der Waals surface area (Å²) in [5, 5.41) is 10.2. The molecule has 368 valence electrons. The van der Waals surface area contributed by atoms with E-state index in [-0.39, 0.29) is 17.3 Å². The van der Waals surface area contributed by atoms with Crippen LogP contribution < -0.4 is 16.2 Å². The summed E-state index contributed by atoms with van der Waals surface area (Å²) < 4.78 is 0. The molecule has 0 aliphatic heterocycles. The van der Waals surface area contributed by atoms with Crippen molar-refractivity contribution in [3.8, 4) is 0 Å². The van der Waals surface area contributed by atoms with Crippen molar-refractivity contribution in [1.29, 1.82) is 0 Å². The van der Waals surface area contributed by atoms with Gasteiger partial charge in [0.2, 0.25) is 10.9 Å². The van der Waals surface area contributed by atoms with E-state index in [0.29, 0.717) is 18.0 Å². The van der Waals surface area contributed by atoms with Crippen LogP contribution in [0, 0.1) is 11.8 Å². The van der Waals surface area contributed by atoms with Crippen LogP contribution in [0.1, 0.15) is 292 Å². The maximum atomic E-state index is 12.2. The summed E-state index contributed by atoms with van der Waals surface area (Å²) in [4.78, 5) is 35.3. The van der Waals surface area contributed by atoms with Gasteiger partial charge < -0.3 is 15.3 Å². The van der Waals surface area contributed by atoms with Crippen LogP contribution in [-0.2, 0) is 11.2 Å². The minimum Gasteiger partial charge on any atom is -0.483 e. The van der Waals surface area contributed by atoms with Crippen molar-refractivity contribution in [2.45, 2.75) is 292 Å². The quantitative estimate of drug-likeness (QED) is 0.0386. The van der Waals surface area contributed by atoms with Crippen LogP contribution in [0.4, 0.5) is 5.69 Å². The molecule has 1 rings (SSSR count). The summed E-state index contributed by atoms with van der Waals surface area (Å²) in [6.07, 6.45) is 52.5.